The second-order valence-electron chi connectivity index (χ2n) is 6.37. The fraction of sp³-hybridized carbons (Fsp3) is 0.300. The Labute approximate surface area is 158 Å². The lowest BCUT2D eigenvalue weighted by atomic mass is 10.1. The molecule has 1 N–H and O–H groups in total. The number of nitrogens with one attached hydrogen (secondary N) is 1. The Kier molecular flexibility index (Phi) is 5.78. The van der Waals surface area contributed by atoms with Crippen LogP contribution in [0.2, 0.25) is 5.02 Å². The first kappa shape index (κ1) is 18.3. The largest absolute Gasteiger partial charge is 0.367 e. The smallest absolute Gasteiger partial charge is 0.227 e. The van der Waals surface area contributed by atoms with Gasteiger partial charge >= 0.3 is 0 Å². The Morgan fingerprint density at radius 1 is 1.00 bits per heavy atom. The predicted octanol–water partition coefficient (Wildman–Crippen LogP) is 3.19. The van der Waals surface area contributed by atoms with Gasteiger partial charge in [0.15, 0.2) is 0 Å². The summed E-state index contributed by atoms with van der Waals surface area (Å²) in [5.74, 6) is 0.0151. The molecule has 136 valence electrons. The van der Waals surface area contributed by atoms with Gasteiger partial charge in [-0.1, -0.05) is 35.9 Å². The summed E-state index contributed by atoms with van der Waals surface area (Å²) in [6.45, 7) is 4.40. The van der Waals surface area contributed by atoms with Crippen LogP contribution in [0.3, 0.4) is 0 Å². The summed E-state index contributed by atoms with van der Waals surface area (Å²) in [4.78, 5) is 27.7. The molecule has 1 aliphatic heterocycles. The molecule has 3 rings (SSSR count). The molecule has 0 spiro atoms. The number of para-hydroxylation sites is 1. The van der Waals surface area contributed by atoms with Crippen LogP contribution in [0.15, 0.2) is 48.5 Å². The van der Waals surface area contributed by atoms with E-state index in [1.807, 2.05) is 53.4 Å². The van der Waals surface area contributed by atoms with Gasteiger partial charge in [0.25, 0.3) is 0 Å². The third-order valence-corrected chi connectivity index (χ3v) is 4.77. The van der Waals surface area contributed by atoms with Crippen molar-refractivity contribution in [1.82, 2.24) is 4.90 Å². The standard InChI is InChI=1S/C20H22ClN3O2/c1-15(25)22-17-8-6-16(7-9-17)14-20(26)24-12-10-23(11-13-24)19-5-3-2-4-18(19)21/h2-9H,10-14H2,1H3,(H,22,25). The van der Waals surface area contributed by atoms with Crippen molar-refractivity contribution in [3.63, 3.8) is 0 Å². The fourth-order valence-corrected chi connectivity index (χ4v) is 3.36. The van der Waals surface area contributed by atoms with E-state index in [4.69, 9.17) is 11.6 Å². The third-order valence-electron chi connectivity index (χ3n) is 4.46. The molecule has 0 unspecified atom stereocenters. The first-order valence-electron chi connectivity index (χ1n) is 8.67. The number of carbonyl (C=O) groups excluding carboxylic acids is 2. The number of amides is 2. The molecule has 1 aliphatic rings. The zero-order valence-corrected chi connectivity index (χ0v) is 15.5. The molecule has 2 amide bonds. The molecule has 0 radical (unpaired) electrons. The minimum atomic E-state index is -0.106. The number of halogens is 1. The van der Waals surface area contributed by atoms with Crippen LogP contribution in [0.1, 0.15) is 12.5 Å². The minimum absolute atomic E-state index is 0.106. The highest BCUT2D eigenvalue weighted by molar-refractivity contribution is 6.33. The van der Waals surface area contributed by atoms with E-state index in [1.165, 1.54) is 6.92 Å². The summed E-state index contributed by atoms with van der Waals surface area (Å²) in [5, 5.41) is 3.47. The highest BCUT2D eigenvalue weighted by Gasteiger charge is 2.22. The molecule has 5 nitrogen and oxygen atoms in total. The van der Waals surface area contributed by atoms with E-state index < -0.39 is 0 Å². The predicted molar refractivity (Wildman–Crippen MR) is 105 cm³/mol. The quantitative estimate of drug-likeness (QED) is 0.898. The van der Waals surface area contributed by atoms with Gasteiger partial charge in [0.05, 0.1) is 17.1 Å². The maximum absolute atomic E-state index is 12.6. The van der Waals surface area contributed by atoms with Gasteiger partial charge in [0.2, 0.25) is 11.8 Å². The van der Waals surface area contributed by atoms with Crippen molar-refractivity contribution >= 4 is 34.8 Å². The average Bonchev–Trinajstić information content (AvgIpc) is 2.63. The normalized spacial score (nSPS) is 14.2. The van der Waals surface area contributed by atoms with Gasteiger partial charge in [0.1, 0.15) is 0 Å². The van der Waals surface area contributed by atoms with E-state index in [0.29, 0.717) is 19.5 Å². The number of nitrogens with zero attached hydrogens (tertiary/aromatic N) is 2. The molecule has 1 heterocycles. The van der Waals surface area contributed by atoms with Crippen molar-refractivity contribution in [3.05, 3.63) is 59.1 Å². The average molecular weight is 372 g/mol. The van der Waals surface area contributed by atoms with Crippen LogP contribution < -0.4 is 10.2 Å². The Hall–Kier alpha value is -2.53. The summed E-state index contributed by atoms with van der Waals surface area (Å²) in [7, 11) is 0. The van der Waals surface area contributed by atoms with E-state index in [-0.39, 0.29) is 11.8 Å². The van der Waals surface area contributed by atoms with Crippen molar-refractivity contribution in [2.45, 2.75) is 13.3 Å². The monoisotopic (exact) mass is 371 g/mol. The van der Waals surface area contributed by atoms with Crippen LogP contribution in [-0.4, -0.2) is 42.9 Å². The Morgan fingerprint density at radius 3 is 2.27 bits per heavy atom. The molecule has 0 bridgehead atoms. The number of benzene rings is 2. The van der Waals surface area contributed by atoms with Crippen LogP contribution in [0.5, 0.6) is 0 Å². The lowest BCUT2D eigenvalue weighted by Gasteiger charge is -2.36. The van der Waals surface area contributed by atoms with E-state index in [0.717, 1.165) is 35.1 Å². The van der Waals surface area contributed by atoms with Crippen LogP contribution >= 0.6 is 11.6 Å². The van der Waals surface area contributed by atoms with Crippen molar-refractivity contribution in [2.24, 2.45) is 0 Å². The number of anilines is 2. The van der Waals surface area contributed by atoms with Crippen LogP contribution in [0.25, 0.3) is 0 Å². The summed E-state index contributed by atoms with van der Waals surface area (Å²) in [6.07, 6.45) is 0.368. The molecule has 26 heavy (non-hydrogen) atoms. The summed E-state index contributed by atoms with van der Waals surface area (Å²) >= 11 is 6.26. The number of carbonyl (C=O) groups is 2. The summed E-state index contributed by atoms with van der Waals surface area (Å²) in [6, 6.07) is 15.2. The zero-order chi connectivity index (χ0) is 18.5. The van der Waals surface area contributed by atoms with Crippen molar-refractivity contribution in [3.8, 4) is 0 Å². The third kappa shape index (κ3) is 4.55. The molecule has 2 aromatic carbocycles. The zero-order valence-electron chi connectivity index (χ0n) is 14.7. The second-order valence-corrected chi connectivity index (χ2v) is 6.78. The van der Waals surface area contributed by atoms with E-state index in [1.54, 1.807) is 0 Å². The molecule has 0 atom stereocenters. The summed E-state index contributed by atoms with van der Waals surface area (Å²) in [5.41, 5.74) is 2.70. The maximum Gasteiger partial charge on any atom is 0.227 e. The molecule has 0 aromatic heterocycles. The molecular formula is C20H22ClN3O2. The minimum Gasteiger partial charge on any atom is -0.367 e. The van der Waals surface area contributed by atoms with Gasteiger partial charge in [-0.25, -0.2) is 0 Å². The molecule has 1 saturated heterocycles. The molecule has 2 aromatic rings. The lowest BCUT2D eigenvalue weighted by molar-refractivity contribution is -0.130. The van der Waals surface area contributed by atoms with E-state index in [2.05, 4.69) is 10.2 Å². The van der Waals surface area contributed by atoms with Gasteiger partial charge in [-0.3, -0.25) is 9.59 Å². The number of rotatable bonds is 4. The molecule has 1 fully saturated rings. The van der Waals surface area contributed by atoms with Crippen molar-refractivity contribution in [2.75, 3.05) is 36.4 Å². The highest BCUT2D eigenvalue weighted by atomic mass is 35.5. The first-order chi connectivity index (χ1) is 12.5. The fourth-order valence-electron chi connectivity index (χ4n) is 3.10. The number of piperazine rings is 1. The van der Waals surface area contributed by atoms with Gasteiger partial charge in [0, 0.05) is 38.8 Å². The van der Waals surface area contributed by atoms with E-state index in [9.17, 15) is 9.59 Å². The summed E-state index contributed by atoms with van der Waals surface area (Å²) < 4.78 is 0. The SMILES string of the molecule is CC(=O)Nc1ccc(CC(=O)N2CCN(c3ccccc3Cl)CC2)cc1. The van der Waals surface area contributed by atoms with Gasteiger partial charge in [-0.2, -0.15) is 0 Å². The van der Waals surface area contributed by atoms with Gasteiger partial charge in [-0.15, -0.1) is 0 Å². The lowest BCUT2D eigenvalue weighted by Crippen LogP contribution is -2.49. The Bertz CT molecular complexity index is 784. The molecular weight excluding hydrogens is 350 g/mol. The van der Waals surface area contributed by atoms with Gasteiger partial charge in [-0.05, 0) is 29.8 Å². The molecule has 0 aliphatic carbocycles. The van der Waals surface area contributed by atoms with Crippen molar-refractivity contribution in [1.29, 1.82) is 0 Å². The van der Waals surface area contributed by atoms with Gasteiger partial charge < -0.3 is 15.1 Å². The Morgan fingerprint density at radius 2 is 1.65 bits per heavy atom. The topological polar surface area (TPSA) is 52.7 Å². The second kappa shape index (κ2) is 8.23. The first-order valence-corrected chi connectivity index (χ1v) is 9.04. The van der Waals surface area contributed by atoms with Crippen molar-refractivity contribution < 1.29 is 9.59 Å². The number of hydrogen-bond donors (Lipinski definition) is 1. The molecule has 0 saturated carbocycles. The number of hydrogen-bond acceptors (Lipinski definition) is 3. The highest BCUT2D eigenvalue weighted by Crippen LogP contribution is 2.26. The maximum atomic E-state index is 12.6. The van der Waals surface area contributed by atoms with Crippen LogP contribution in [0.4, 0.5) is 11.4 Å². The van der Waals surface area contributed by atoms with Crippen LogP contribution in [-0.2, 0) is 16.0 Å². The molecule has 6 heteroatoms. The van der Waals surface area contributed by atoms with E-state index >= 15 is 0 Å². The van der Waals surface area contributed by atoms with Crippen LogP contribution in [0, 0.1) is 0 Å². The Balaban J connectivity index is 1.54.